The number of aromatic nitrogens is 1. The first kappa shape index (κ1) is 19.9. The maximum Gasteiger partial charge on any atom is 0.434 e. The van der Waals surface area contributed by atoms with E-state index in [1.807, 2.05) is 0 Å². The standard InChI is InChI=1S/C15H23F3N4O2S/c1-19-14(20-5-2-6-24-11-3-7-23-8-4-11)21-9-13-22-12(10-25-13)15(16,17)18/h10-11H,2-9H2,1H3,(H2,19,20,21). The third-order valence-electron chi connectivity index (χ3n) is 3.61. The summed E-state index contributed by atoms with van der Waals surface area (Å²) in [6.45, 7) is 3.02. The van der Waals surface area contributed by atoms with Crippen LogP contribution in [0.3, 0.4) is 0 Å². The molecule has 0 bridgehead atoms. The summed E-state index contributed by atoms with van der Waals surface area (Å²) < 4.78 is 48.6. The van der Waals surface area contributed by atoms with Crippen molar-refractivity contribution in [3.63, 3.8) is 0 Å². The summed E-state index contributed by atoms with van der Waals surface area (Å²) in [5.41, 5.74) is -0.859. The van der Waals surface area contributed by atoms with Crippen molar-refractivity contribution in [2.45, 2.75) is 38.1 Å². The molecule has 2 heterocycles. The average molecular weight is 380 g/mol. The molecule has 1 fully saturated rings. The molecule has 6 nitrogen and oxygen atoms in total. The molecule has 0 amide bonds. The van der Waals surface area contributed by atoms with Gasteiger partial charge in [-0.2, -0.15) is 13.2 Å². The number of halogens is 3. The molecule has 25 heavy (non-hydrogen) atoms. The van der Waals surface area contributed by atoms with Crippen LogP contribution in [0.2, 0.25) is 0 Å². The first-order valence-corrected chi connectivity index (χ1v) is 9.02. The van der Waals surface area contributed by atoms with Crippen molar-refractivity contribution in [2.24, 2.45) is 4.99 Å². The Morgan fingerprint density at radius 1 is 1.40 bits per heavy atom. The van der Waals surface area contributed by atoms with Crippen molar-refractivity contribution in [1.29, 1.82) is 0 Å². The van der Waals surface area contributed by atoms with E-state index in [1.54, 1.807) is 7.05 Å². The average Bonchev–Trinajstić information content (AvgIpc) is 3.07. The van der Waals surface area contributed by atoms with Crippen molar-refractivity contribution >= 4 is 17.3 Å². The summed E-state index contributed by atoms with van der Waals surface area (Å²) in [4.78, 5) is 7.61. The molecule has 1 aromatic rings. The van der Waals surface area contributed by atoms with Gasteiger partial charge in [0.1, 0.15) is 5.01 Å². The highest BCUT2D eigenvalue weighted by Crippen LogP contribution is 2.29. The monoisotopic (exact) mass is 380 g/mol. The van der Waals surface area contributed by atoms with Crippen molar-refractivity contribution in [1.82, 2.24) is 15.6 Å². The summed E-state index contributed by atoms with van der Waals surface area (Å²) in [5.74, 6) is 0.523. The Labute approximate surface area is 148 Å². The largest absolute Gasteiger partial charge is 0.434 e. The summed E-state index contributed by atoms with van der Waals surface area (Å²) in [6.07, 6.45) is -1.44. The number of nitrogens with zero attached hydrogens (tertiary/aromatic N) is 2. The number of ether oxygens (including phenoxy) is 2. The second kappa shape index (κ2) is 9.93. The number of aliphatic imine (C=N–C) groups is 1. The Morgan fingerprint density at radius 2 is 2.16 bits per heavy atom. The van der Waals surface area contributed by atoms with Crippen molar-refractivity contribution in [3.05, 3.63) is 16.1 Å². The zero-order chi connectivity index (χ0) is 18.1. The van der Waals surface area contributed by atoms with Crippen LogP contribution in [-0.4, -0.2) is 50.5 Å². The van der Waals surface area contributed by atoms with Crippen LogP contribution >= 0.6 is 11.3 Å². The number of hydrogen-bond acceptors (Lipinski definition) is 5. The first-order chi connectivity index (χ1) is 12.0. The fourth-order valence-corrected chi connectivity index (χ4v) is 3.01. The predicted molar refractivity (Wildman–Crippen MR) is 89.7 cm³/mol. The minimum Gasteiger partial charge on any atom is -0.381 e. The van der Waals surface area contributed by atoms with Crippen LogP contribution in [0.1, 0.15) is 30.0 Å². The van der Waals surface area contributed by atoms with Gasteiger partial charge in [0.15, 0.2) is 11.7 Å². The van der Waals surface area contributed by atoms with E-state index in [0.29, 0.717) is 24.1 Å². The van der Waals surface area contributed by atoms with Crippen LogP contribution in [0.4, 0.5) is 13.2 Å². The van der Waals surface area contributed by atoms with Gasteiger partial charge in [-0.1, -0.05) is 0 Å². The van der Waals surface area contributed by atoms with Crippen molar-refractivity contribution in [3.8, 4) is 0 Å². The van der Waals surface area contributed by atoms with E-state index in [-0.39, 0.29) is 12.6 Å². The van der Waals surface area contributed by atoms with Crippen LogP contribution in [0.5, 0.6) is 0 Å². The van der Waals surface area contributed by atoms with Crippen LogP contribution in [0, 0.1) is 0 Å². The Kier molecular flexibility index (Phi) is 7.91. The second-order valence-electron chi connectivity index (χ2n) is 5.51. The lowest BCUT2D eigenvalue weighted by Gasteiger charge is -2.22. The third-order valence-corrected chi connectivity index (χ3v) is 4.46. The number of nitrogens with one attached hydrogen (secondary N) is 2. The zero-order valence-electron chi connectivity index (χ0n) is 14.1. The normalized spacial score (nSPS) is 16.9. The molecule has 0 spiro atoms. The molecule has 1 aromatic heterocycles. The summed E-state index contributed by atoms with van der Waals surface area (Å²) in [5, 5.41) is 7.43. The molecule has 2 N–H and O–H groups in total. The SMILES string of the molecule is CN=C(NCCCOC1CCOCC1)NCc1nc(C(F)(F)F)cs1. The molecule has 0 unspecified atom stereocenters. The lowest BCUT2D eigenvalue weighted by molar-refractivity contribution is -0.140. The van der Waals surface area contributed by atoms with Gasteiger partial charge in [0.2, 0.25) is 0 Å². The van der Waals surface area contributed by atoms with Gasteiger partial charge in [0.05, 0.1) is 12.6 Å². The molecule has 2 rings (SSSR count). The number of thiazole rings is 1. The van der Waals surface area contributed by atoms with E-state index in [4.69, 9.17) is 9.47 Å². The van der Waals surface area contributed by atoms with E-state index >= 15 is 0 Å². The van der Waals surface area contributed by atoms with Gasteiger partial charge in [-0.25, -0.2) is 4.98 Å². The highest BCUT2D eigenvalue weighted by molar-refractivity contribution is 7.09. The molecule has 1 aliphatic rings. The van der Waals surface area contributed by atoms with Crippen molar-refractivity contribution < 1.29 is 22.6 Å². The highest BCUT2D eigenvalue weighted by atomic mass is 32.1. The van der Waals surface area contributed by atoms with E-state index in [2.05, 4.69) is 20.6 Å². The third kappa shape index (κ3) is 7.17. The van der Waals surface area contributed by atoms with Gasteiger partial charge in [-0.3, -0.25) is 4.99 Å². The molecule has 10 heteroatoms. The lowest BCUT2D eigenvalue weighted by Crippen LogP contribution is -2.37. The molecule has 1 saturated heterocycles. The topological polar surface area (TPSA) is 67.8 Å². The Hall–Kier alpha value is -1.39. The van der Waals surface area contributed by atoms with Gasteiger partial charge >= 0.3 is 6.18 Å². The van der Waals surface area contributed by atoms with Gasteiger partial charge in [-0.15, -0.1) is 11.3 Å². The smallest absolute Gasteiger partial charge is 0.381 e. The van der Waals surface area contributed by atoms with E-state index in [9.17, 15) is 13.2 Å². The number of rotatable bonds is 7. The summed E-state index contributed by atoms with van der Waals surface area (Å²) in [6, 6.07) is 0. The molecular formula is C15H23F3N4O2S. The van der Waals surface area contributed by atoms with Gasteiger partial charge < -0.3 is 20.1 Å². The second-order valence-corrected chi connectivity index (χ2v) is 6.46. The molecular weight excluding hydrogens is 357 g/mol. The number of guanidine groups is 1. The summed E-state index contributed by atoms with van der Waals surface area (Å²) in [7, 11) is 1.61. The zero-order valence-corrected chi connectivity index (χ0v) is 14.9. The van der Waals surface area contributed by atoms with Crippen LogP contribution in [-0.2, 0) is 22.2 Å². The van der Waals surface area contributed by atoms with E-state index in [0.717, 1.165) is 49.2 Å². The fourth-order valence-electron chi connectivity index (χ4n) is 2.27. The minimum atomic E-state index is -4.40. The predicted octanol–water partition coefficient (Wildman–Crippen LogP) is 2.41. The van der Waals surface area contributed by atoms with Gasteiger partial charge in [0.25, 0.3) is 0 Å². The first-order valence-electron chi connectivity index (χ1n) is 8.14. The maximum absolute atomic E-state index is 12.5. The Morgan fingerprint density at radius 3 is 2.80 bits per heavy atom. The van der Waals surface area contributed by atoms with Crippen LogP contribution in [0.15, 0.2) is 10.4 Å². The molecule has 0 aromatic carbocycles. The molecule has 0 atom stereocenters. The van der Waals surface area contributed by atoms with Gasteiger partial charge in [-0.05, 0) is 19.3 Å². The molecule has 0 radical (unpaired) electrons. The van der Waals surface area contributed by atoms with E-state index < -0.39 is 11.9 Å². The quantitative estimate of drug-likeness (QED) is 0.432. The fraction of sp³-hybridized carbons (Fsp3) is 0.733. The van der Waals surface area contributed by atoms with Crippen LogP contribution in [0.25, 0.3) is 0 Å². The Balaban J connectivity index is 1.61. The molecule has 1 aliphatic heterocycles. The minimum absolute atomic E-state index is 0.193. The van der Waals surface area contributed by atoms with Crippen molar-refractivity contribution in [2.75, 3.05) is 33.4 Å². The number of alkyl halides is 3. The van der Waals surface area contributed by atoms with Crippen LogP contribution < -0.4 is 10.6 Å². The lowest BCUT2D eigenvalue weighted by atomic mass is 10.1. The molecule has 0 saturated carbocycles. The maximum atomic E-state index is 12.5. The highest BCUT2D eigenvalue weighted by Gasteiger charge is 2.33. The summed E-state index contributed by atoms with van der Waals surface area (Å²) >= 11 is 0.970. The molecule has 0 aliphatic carbocycles. The van der Waals surface area contributed by atoms with E-state index in [1.165, 1.54) is 0 Å². The Bertz CT molecular complexity index is 545. The number of hydrogen-bond donors (Lipinski definition) is 2. The van der Waals surface area contributed by atoms with Gasteiger partial charge in [0, 0.05) is 38.8 Å². The molecule has 142 valence electrons.